The molecule has 0 aliphatic carbocycles. The summed E-state index contributed by atoms with van der Waals surface area (Å²) in [5.74, 6) is 0.588. The fourth-order valence-corrected chi connectivity index (χ4v) is 3.08. The molecule has 0 aromatic heterocycles. The molecule has 1 aliphatic heterocycles. The number of hydrogen-bond acceptors (Lipinski definition) is 2. The maximum Gasteiger partial charge on any atom is 0.0244 e. The Hall–Kier alpha value is -0.570. The second-order valence-electron chi connectivity index (χ2n) is 5.73. The summed E-state index contributed by atoms with van der Waals surface area (Å²) in [6.45, 7) is 6.82. The Morgan fingerprint density at radius 1 is 1.21 bits per heavy atom. The Morgan fingerprint density at radius 2 is 1.89 bits per heavy atom. The molecule has 2 nitrogen and oxygen atoms in total. The van der Waals surface area contributed by atoms with Gasteiger partial charge in [0, 0.05) is 18.6 Å². The largest absolute Gasteiger partial charge is 0.327 e. The van der Waals surface area contributed by atoms with Crippen molar-refractivity contribution in [3.8, 4) is 0 Å². The quantitative estimate of drug-likeness (QED) is 0.917. The third-order valence-electron chi connectivity index (χ3n) is 4.15. The molecule has 1 heterocycles. The molecule has 1 saturated heterocycles. The van der Waals surface area contributed by atoms with E-state index < -0.39 is 0 Å². The molecule has 0 saturated carbocycles. The predicted octanol–water partition coefficient (Wildman–Crippen LogP) is 3.41. The smallest absolute Gasteiger partial charge is 0.0244 e. The molecular formula is C16H27ClN2. The van der Waals surface area contributed by atoms with Gasteiger partial charge in [-0.3, -0.25) is 4.90 Å². The molecule has 3 heteroatoms. The monoisotopic (exact) mass is 282 g/mol. The van der Waals surface area contributed by atoms with Gasteiger partial charge in [-0.05, 0) is 37.8 Å². The lowest BCUT2D eigenvalue weighted by atomic mass is 9.93. The van der Waals surface area contributed by atoms with E-state index in [0.29, 0.717) is 12.0 Å². The Labute approximate surface area is 123 Å². The molecule has 1 aliphatic rings. The van der Waals surface area contributed by atoms with Crippen LogP contribution in [0.4, 0.5) is 0 Å². The van der Waals surface area contributed by atoms with Crippen LogP contribution in [-0.2, 0) is 0 Å². The van der Waals surface area contributed by atoms with Gasteiger partial charge in [0.15, 0.2) is 0 Å². The molecule has 3 unspecified atom stereocenters. The topological polar surface area (TPSA) is 29.3 Å². The lowest BCUT2D eigenvalue weighted by Crippen LogP contribution is -2.50. The van der Waals surface area contributed by atoms with Gasteiger partial charge in [-0.1, -0.05) is 43.7 Å². The highest BCUT2D eigenvalue weighted by atomic mass is 35.5. The fourth-order valence-electron chi connectivity index (χ4n) is 3.08. The number of rotatable bonds is 4. The predicted molar refractivity (Wildman–Crippen MR) is 85.0 cm³/mol. The zero-order valence-electron chi connectivity index (χ0n) is 12.1. The number of likely N-dealkylation sites (tertiary alicyclic amines) is 1. The van der Waals surface area contributed by atoms with Gasteiger partial charge in [0.1, 0.15) is 0 Å². The average Bonchev–Trinajstić information content (AvgIpc) is 2.40. The second-order valence-corrected chi connectivity index (χ2v) is 5.73. The van der Waals surface area contributed by atoms with E-state index in [1.807, 2.05) is 0 Å². The first-order valence-electron chi connectivity index (χ1n) is 7.23. The van der Waals surface area contributed by atoms with E-state index in [9.17, 15) is 0 Å². The number of halogens is 1. The normalized spacial score (nSPS) is 23.4. The van der Waals surface area contributed by atoms with E-state index in [1.54, 1.807) is 0 Å². The van der Waals surface area contributed by atoms with Crippen molar-refractivity contribution >= 4 is 12.4 Å². The molecule has 2 N–H and O–H groups in total. The van der Waals surface area contributed by atoms with Crippen LogP contribution in [0.25, 0.3) is 0 Å². The van der Waals surface area contributed by atoms with Crippen molar-refractivity contribution in [2.24, 2.45) is 5.73 Å². The van der Waals surface area contributed by atoms with Crippen LogP contribution in [0.1, 0.15) is 44.6 Å². The van der Waals surface area contributed by atoms with Crippen LogP contribution in [0.3, 0.4) is 0 Å². The van der Waals surface area contributed by atoms with E-state index in [2.05, 4.69) is 49.1 Å². The van der Waals surface area contributed by atoms with E-state index in [0.717, 1.165) is 6.54 Å². The molecule has 108 valence electrons. The zero-order chi connectivity index (χ0) is 13.0. The summed E-state index contributed by atoms with van der Waals surface area (Å²) in [6.07, 6.45) is 3.92. The van der Waals surface area contributed by atoms with Crippen LogP contribution in [0, 0.1) is 0 Å². The number of piperidine rings is 1. The average molecular weight is 283 g/mol. The summed E-state index contributed by atoms with van der Waals surface area (Å²) in [6, 6.07) is 11.7. The summed E-state index contributed by atoms with van der Waals surface area (Å²) in [5.41, 5.74) is 7.57. The maximum atomic E-state index is 6.13. The minimum Gasteiger partial charge on any atom is -0.327 e. The highest BCUT2D eigenvalue weighted by molar-refractivity contribution is 5.85. The van der Waals surface area contributed by atoms with E-state index in [4.69, 9.17) is 5.73 Å². The summed E-state index contributed by atoms with van der Waals surface area (Å²) in [4.78, 5) is 2.60. The molecule has 0 spiro atoms. The van der Waals surface area contributed by atoms with Crippen molar-refractivity contribution in [3.05, 3.63) is 35.9 Å². The first kappa shape index (κ1) is 16.5. The van der Waals surface area contributed by atoms with E-state index in [-0.39, 0.29) is 18.4 Å². The van der Waals surface area contributed by atoms with Crippen molar-refractivity contribution in [1.82, 2.24) is 4.90 Å². The van der Waals surface area contributed by atoms with Gasteiger partial charge in [0.2, 0.25) is 0 Å². The number of hydrogen-bond donors (Lipinski definition) is 1. The van der Waals surface area contributed by atoms with Crippen LogP contribution in [0.2, 0.25) is 0 Å². The highest BCUT2D eigenvalue weighted by Gasteiger charge is 2.26. The Kier molecular flexibility index (Phi) is 6.84. The van der Waals surface area contributed by atoms with Crippen molar-refractivity contribution in [3.63, 3.8) is 0 Å². The number of nitrogens with zero attached hydrogens (tertiary/aromatic N) is 1. The van der Waals surface area contributed by atoms with Gasteiger partial charge in [-0.15, -0.1) is 12.4 Å². The summed E-state index contributed by atoms with van der Waals surface area (Å²) < 4.78 is 0. The molecule has 0 radical (unpaired) electrons. The Balaban J connectivity index is 0.00000180. The first-order valence-corrected chi connectivity index (χ1v) is 7.23. The van der Waals surface area contributed by atoms with Crippen LogP contribution in [-0.4, -0.2) is 30.1 Å². The van der Waals surface area contributed by atoms with Gasteiger partial charge < -0.3 is 5.73 Å². The van der Waals surface area contributed by atoms with Crippen LogP contribution >= 0.6 is 12.4 Å². The zero-order valence-corrected chi connectivity index (χ0v) is 12.9. The summed E-state index contributed by atoms with van der Waals surface area (Å²) in [5, 5.41) is 0. The molecular weight excluding hydrogens is 256 g/mol. The lowest BCUT2D eigenvalue weighted by molar-refractivity contribution is 0.124. The van der Waals surface area contributed by atoms with Gasteiger partial charge >= 0.3 is 0 Å². The molecule has 0 amide bonds. The molecule has 1 aromatic carbocycles. The maximum absolute atomic E-state index is 6.13. The van der Waals surface area contributed by atoms with E-state index >= 15 is 0 Å². The van der Waals surface area contributed by atoms with Gasteiger partial charge in [0.25, 0.3) is 0 Å². The number of benzene rings is 1. The molecule has 2 rings (SSSR count). The molecule has 1 fully saturated rings. The highest BCUT2D eigenvalue weighted by Crippen LogP contribution is 2.23. The first-order chi connectivity index (χ1) is 8.68. The minimum atomic E-state index is 0. The molecule has 1 aromatic rings. The minimum absolute atomic E-state index is 0. The van der Waals surface area contributed by atoms with Gasteiger partial charge in [-0.25, -0.2) is 0 Å². The Bertz CT molecular complexity index is 353. The molecule has 3 atom stereocenters. The fraction of sp³-hybridized carbons (Fsp3) is 0.625. The summed E-state index contributed by atoms with van der Waals surface area (Å²) >= 11 is 0. The van der Waals surface area contributed by atoms with E-state index in [1.165, 1.54) is 31.4 Å². The summed E-state index contributed by atoms with van der Waals surface area (Å²) in [7, 11) is 0. The van der Waals surface area contributed by atoms with Crippen molar-refractivity contribution in [2.75, 3.05) is 13.1 Å². The van der Waals surface area contributed by atoms with Gasteiger partial charge in [0.05, 0.1) is 0 Å². The van der Waals surface area contributed by atoms with Crippen molar-refractivity contribution in [2.45, 2.75) is 51.1 Å². The third-order valence-corrected chi connectivity index (χ3v) is 4.15. The molecule has 19 heavy (non-hydrogen) atoms. The van der Waals surface area contributed by atoms with Crippen LogP contribution in [0.5, 0.6) is 0 Å². The van der Waals surface area contributed by atoms with Crippen LogP contribution in [0.15, 0.2) is 30.3 Å². The third kappa shape index (κ3) is 4.48. The van der Waals surface area contributed by atoms with Crippen molar-refractivity contribution in [1.29, 1.82) is 0 Å². The standard InChI is InChI=1S/C16H26N2.ClH/c1-13(15-8-4-3-5-9-15)12-18-11-7-6-10-16(18)14(2)17;/h3-5,8-9,13-14,16H,6-7,10-12,17H2,1-2H3;1H. The van der Waals surface area contributed by atoms with Crippen LogP contribution < -0.4 is 5.73 Å². The van der Waals surface area contributed by atoms with Gasteiger partial charge in [-0.2, -0.15) is 0 Å². The molecule has 0 bridgehead atoms. The lowest BCUT2D eigenvalue weighted by Gasteiger charge is -2.39. The van der Waals surface area contributed by atoms with Crippen molar-refractivity contribution < 1.29 is 0 Å². The Morgan fingerprint density at radius 3 is 2.53 bits per heavy atom. The number of nitrogens with two attached hydrogens (primary N) is 1. The second kappa shape index (κ2) is 7.88. The SMILES string of the molecule is CC(CN1CCCCC1C(C)N)c1ccccc1.Cl.